The van der Waals surface area contributed by atoms with E-state index in [2.05, 4.69) is 0 Å². The average molecular weight is 185 g/mol. The van der Waals surface area contributed by atoms with E-state index in [0.29, 0.717) is 0 Å². The van der Waals surface area contributed by atoms with Gasteiger partial charge in [-0.3, -0.25) is 0 Å². The Morgan fingerprint density at radius 1 is 0.500 bits per heavy atom. The molecule has 0 atom stereocenters. The van der Waals surface area contributed by atoms with Crippen LogP contribution in [-0.4, -0.2) is 34.7 Å². The van der Waals surface area contributed by atoms with Crippen molar-refractivity contribution in [2.75, 3.05) is 0 Å². The van der Waals surface area contributed by atoms with E-state index in [0.717, 1.165) is 0 Å². The smallest absolute Gasteiger partial charge is 0 e. The molecule has 6 radical (unpaired) electrons. The molecule has 0 nitrogen and oxygen atoms in total. The van der Waals surface area contributed by atoms with Gasteiger partial charge in [0, 0.05) is 73.7 Å². The van der Waals surface area contributed by atoms with Crippen molar-refractivity contribution in [2.24, 2.45) is 0 Å². The quantitative estimate of drug-likeness (QED) is 0.434. The first-order valence-electron chi connectivity index (χ1n) is 0. The fourth-order valence-corrected chi connectivity index (χ4v) is 0. The third kappa shape index (κ3) is 8.85. The molecule has 0 N–H and O–H groups in total. The van der Waals surface area contributed by atoms with Crippen LogP contribution in [0.2, 0.25) is 0 Å². The fourth-order valence-electron chi connectivity index (χ4n) is 0. The predicted molar refractivity (Wildman–Crippen MR) is 11.5 cm³/mol. The van der Waals surface area contributed by atoms with E-state index in [4.69, 9.17) is 0 Å². The molecule has 0 saturated carbocycles. The molecule has 4 heavy (non-hydrogen) atoms. The summed E-state index contributed by atoms with van der Waals surface area (Å²) in [6, 6.07) is 0. The molecule has 0 fully saturated rings. The third-order valence-corrected chi connectivity index (χ3v) is 0. The van der Waals surface area contributed by atoms with E-state index < -0.39 is 0 Å². The second-order valence-electron chi connectivity index (χ2n) is 0. The van der Waals surface area contributed by atoms with E-state index in [1.54, 1.807) is 0 Å². The molecule has 0 aliphatic carbocycles. The van der Waals surface area contributed by atoms with E-state index in [9.17, 15) is 0 Å². The molecule has 0 heterocycles. The summed E-state index contributed by atoms with van der Waals surface area (Å²) in [4.78, 5) is 0. The normalized spacial score (nSPS) is 0. The fraction of sp³-hybridized carbons (Fsp3) is 0. The zero-order chi connectivity index (χ0) is 0. The van der Waals surface area contributed by atoms with E-state index in [1.165, 1.54) is 0 Å². The maximum atomic E-state index is 0. The Balaban J connectivity index is 0. The Labute approximate surface area is 72.9 Å². The van der Waals surface area contributed by atoms with E-state index >= 15 is 0 Å². The van der Waals surface area contributed by atoms with Crippen molar-refractivity contribution < 1.29 is 39.0 Å². The summed E-state index contributed by atoms with van der Waals surface area (Å²) in [5.41, 5.74) is 0. The maximum Gasteiger partial charge on any atom is 0 e. The van der Waals surface area contributed by atoms with Crippen LogP contribution in [0.15, 0.2) is 0 Å². The van der Waals surface area contributed by atoms with Gasteiger partial charge in [-0.15, -0.1) is 0 Å². The van der Waals surface area contributed by atoms with Crippen LogP contribution in [-0.2, 0) is 39.0 Å². The SMILES string of the molecule is [Al].[Al].[Zn].[Zn]. The molecule has 0 aromatic carbocycles. The predicted octanol–water partition coefficient (Wildman–Crippen LogP) is -0.767. The molecule has 0 aliphatic heterocycles. The molecule has 0 aromatic rings. The summed E-state index contributed by atoms with van der Waals surface area (Å²) < 4.78 is 0. The second kappa shape index (κ2) is 18.5. The minimum absolute atomic E-state index is 0. The van der Waals surface area contributed by atoms with Crippen LogP contribution >= 0.6 is 0 Å². The molecule has 0 bridgehead atoms. The summed E-state index contributed by atoms with van der Waals surface area (Å²) in [7, 11) is 0. The standard InChI is InChI=1S/2Al.2Zn. The Bertz CT molecular complexity index is 4.00. The summed E-state index contributed by atoms with van der Waals surface area (Å²) in [5, 5.41) is 0. The van der Waals surface area contributed by atoms with Crippen LogP contribution in [0.3, 0.4) is 0 Å². The van der Waals surface area contributed by atoms with Crippen LogP contribution in [0, 0.1) is 0 Å². The number of hydrogen-bond acceptors (Lipinski definition) is 0. The Kier molecular flexibility index (Phi) is 154. The first-order valence-corrected chi connectivity index (χ1v) is 0. The number of hydrogen-bond donors (Lipinski definition) is 0. The van der Waals surface area contributed by atoms with Gasteiger partial charge in [0.2, 0.25) is 0 Å². The number of rotatable bonds is 0. The van der Waals surface area contributed by atoms with Crippen LogP contribution < -0.4 is 0 Å². The zero-order valence-electron chi connectivity index (χ0n) is 2.57. The molecule has 10 valence electrons. The van der Waals surface area contributed by atoms with Gasteiger partial charge < -0.3 is 0 Å². The van der Waals surface area contributed by atoms with Gasteiger partial charge in [-0.25, -0.2) is 0 Å². The largest absolute Gasteiger partial charge is 0 e. The van der Waals surface area contributed by atoms with Crippen LogP contribution in [0.5, 0.6) is 0 Å². The van der Waals surface area contributed by atoms with Crippen LogP contribution in [0.25, 0.3) is 0 Å². The van der Waals surface area contributed by atoms with Crippen LogP contribution in [0.4, 0.5) is 0 Å². The molecule has 4 heteroatoms. The van der Waals surface area contributed by atoms with Gasteiger partial charge in [-0.05, 0) is 0 Å². The Morgan fingerprint density at radius 2 is 0.500 bits per heavy atom. The third-order valence-electron chi connectivity index (χ3n) is 0. The summed E-state index contributed by atoms with van der Waals surface area (Å²) >= 11 is 0. The summed E-state index contributed by atoms with van der Waals surface area (Å²) in [5.74, 6) is 0. The van der Waals surface area contributed by atoms with Gasteiger partial charge >= 0.3 is 0 Å². The van der Waals surface area contributed by atoms with Crippen molar-refractivity contribution in [2.45, 2.75) is 0 Å². The summed E-state index contributed by atoms with van der Waals surface area (Å²) in [6.07, 6.45) is 0. The molecular weight excluding hydrogens is 185 g/mol. The molecule has 0 aliphatic rings. The molecule has 0 rings (SSSR count). The van der Waals surface area contributed by atoms with Gasteiger partial charge in [0.15, 0.2) is 0 Å². The first kappa shape index (κ1) is 33.3. The monoisotopic (exact) mass is 182 g/mol. The van der Waals surface area contributed by atoms with Crippen LogP contribution in [0.1, 0.15) is 0 Å². The van der Waals surface area contributed by atoms with Crippen molar-refractivity contribution in [1.82, 2.24) is 0 Å². The Morgan fingerprint density at radius 3 is 0.500 bits per heavy atom. The minimum atomic E-state index is 0. The second-order valence-corrected chi connectivity index (χ2v) is 0. The van der Waals surface area contributed by atoms with Gasteiger partial charge in [0.05, 0.1) is 0 Å². The molecular formula is Al2Zn2. The zero-order valence-corrected chi connectivity index (χ0v) is 10.8. The van der Waals surface area contributed by atoms with Crippen molar-refractivity contribution in [3.05, 3.63) is 0 Å². The Hall–Kier alpha value is 2.31. The van der Waals surface area contributed by atoms with E-state index in [1.807, 2.05) is 0 Å². The maximum absolute atomic E-state index is 0. The molecule has 0 amide bonds. The summed E-state index contributed by atoms with van der Waals surface area (Å²) in [6.45, 7) is 0. The van der Waals surface area contributed by atoms with Crippen molar-refractivity contribution in [3.8, 4) is 0 Å². The van der Waals surface area contributed by atoms with Gasteiger partial charge in [0.25, 0.3) is 0 Å². The average Bonchev–Trinajstić information content (AvgIpc) is 0. The van der Waals surface area contributed by atoms with Gasteiger partial charge in [-0.2, -0.15) is 0 Å². The molecule has 0 saturated heterocycles. The first-order chi connectivity index (χ1) is 0. The van der Waals surface area contributed by atoms with Gasteiger partial charge in [-0.1, -0.05) is 0 Å². The minimum Gasteiger partial charge on any atom is 0 e. The van der Waals surface area contributed by atoms with Crippen molar-refractivity contribution in [3.63, 3.8) is 0 Å². The van der Waals surface area contributed by atoms with Gasteiger partial charge in [0.1, 0.15) is 0 Å². The molecule has 0 unspecified atom stereocenters. The van der Waals surface area contributed by atoms with Crippen molar-refractivity contribution in [1.29, 1.82) is 0 Å². The molecule has 0 aromatic heterocycles. The van der Waals surface area contributed by atoms with Crippen molar-refractivity contribution >= 4 is 34.7 Å². The van der Waals surface area contributed by atoms with E-state index in [-0.39, 0.29) is 73.7 Å². The molecule has 0 spiro atoms. The topological polar surface area (TPSA) is 0 Å².